The second kappa shape index (κ2) is 7.39. The highest BCUT2D eigenvalue weighted by molar-refractivity contribution is 5.68. The van der Waals surface area contributed by atoms with Gasteiger partial charge in [0.15, 0.2) is 0 Å². The molecule has 1 atom stereocenters. The molecular formula is C18H34N2O3. The van der Waals surface area contributed by atoms with E-state index in [9.17, 15) is 4.79 Å². The van der Waals surface area contributed by atoms with Gasteiger partial charge in [-0.1, -0.05) is 13.8 Å². The summed E-state index contributed by atoms with van der Waals surface area (Å²) in [5.41, 5.74) is -0.232. The Morgan fingerprint density at radius 2 is 2.04 bits per heavy atom. The molecule has 2 rings (SSSR count). The summed E-state index contributed by atoms with van der Waals surface area (Å²) in [4.78, 5) is 14.7. The van der Waals surface area contributed by atoms with E-state index >= 15 is 0 Å². The van der Waals surface area contributed by atoms with Crippen LogP contribution in [0, 0.1) is 5.92 Å². The SMILES string of the molecule is CC(C)CC(CN1CCOCC12CCC2)NC(=O)OC(C)(C)C. The Morgan fingerprint density at radius 1 is 1.35 bits per heavy atom. The quantitative estimate of drug-likeness (QED) is 0.843. The fourth-order valence-electron chi connectivity index (χ4n) is 3.58. The van der Waals surface area contributed by atoms with Gasteiger partial charge in [-0.2, -0.15) is 0 Å². The van der Waals surface area contributed by atoms with Gasteiger partial charge in [0.1, 0.15) is 5.60 Å². The number of ether oxygens (including phenoxy) is 2. The van der Waals surface area contributed by atoms with Gasteiger partial charge in [0.25, 0.3) is 0 Å². The Hall–Kier alpha value is -0.810. The molecule has 5 nitrogen and oxygen atoms in total. The van der Waals surface area contributed by atoms with Crippen LogP contribution in [0.5, 0.6) is 0 Å². The molecule has 0 bridgehead atoms. The van der Waals surface area contributed by atoms with Gasteiger partial charge in [0, 0.05) is 24.7 Å². The lowest BCUT2D eigenvalue weighted by molar-refractivity contribution is -0.110. The van der Waals surface area contributed by atoms with Crippen molar-refractivity contribution < 1.29 is 14.3 Å². The zero-order chi connectivity index (χ0) is 17.1. The van der Waals surface area contributed by atoms with E-state index in [1.807, 2.05) is 20.8 Å². The number of nitrogens with one attached hydrogen (secondary N) is 1. The minimum Gasteiger partial charge on any atom is -0.444 e. The highest BCUT2D eigenvalue weighted by Crippen LogP contribution is 2.39. The molecule has 0 aromatic heterocycles. The molecule has 23 heavy (non-hydrogen) atoms. The molecule has 2 fully saturated rings. The lowest BCUT2D eigenvalue weighted by Crippen LogP contribution is -2.63. The molecule has 134 valence electrons. The molecule has 1 saturated heterocycles. The van der Waals surface area contributed by atoms with Crippen LogP contribution in [0.15, 0.2) is 0 Å². The molecule has 1 spiro atoms. The average Bonchev–Trinajstić information content (AvgIpc) is 2.34. The highest BCUT2D eigenvalue weighted by atomic mass is 16.6. The molecule has 1 aliphatic carbocycles. The number of carbonyl (C=O) groups is 1. The predicted octanol–water partition coefficient (Wildman–Crippen LogP) is 3.18. The van der Waals surface area contributed by atoms with Gasteiger partial charge in [0.2, 0.25) is 0 Å². The minimum atomic E-state index is -0.458. The molecule has 1 N–H and O–H groups in total. The minimum absolute atomic E-state index is 0.125. The van der Waals surface area contributed by atoms with E-state index in [1.54, 1.807) is 0 Å². The summed E-state index contributed by atoms with van der Waals surface area (Å²) in [6, 6.07) is 0.125. The monoisotopic (exact) mass is 326 g/mol. The summed E-state index contributed by atoms with van der Waals surface area (Å²) in [6.07, 6.45) is 4.38. The zero-order valence-corrected chi connectivity index (χ0v) is 15.5. The number of carbonyl (C=O) groups excluding carboxylic acids is 1. The maximum atomic E-state index is 12.2. The van der Waals surface area contributed by atoms with Gasteiger partial charge in [0.05, 0.1) is 13.2 Å². The standard InChI is InChI=1S/C18H34N2O3/c1-14(2)11-15(19-16(21)23-17(3,4)5)12-20-9-10-22-13-18(20)7-6-8-18/h14-15H,6-13H2,1-5H3,(H,19,21). The number of morpholine rings is 1. The Balaban J connectivity index is 1.96. The number of hydrogen-bond donors (Lipinski definition) is 1. The van der Waals surface area contributed by atoms with E-state index in [-0.39, 0.29) is 17.7 Å². The average molecular weight is 326 g/mol. The molecule has 0 aromatic rings. The lowest BCUT2D eigenvalue weighted by atomic mass is 9.75. The van der Waals surface area contributed by atoms with Gasteiger partial charge in [-0.3, -0.25) is 4.90 Å². The molecule has 1 unspecified atom stereocenters. The van der Waals surface area contributed by atoms with E-state index in [0.717, 1.165) is 32.7 Å². The number of hydrogen-bond acceptors (Lipinski definition) is 4. The van der Waals surface area contributed by atoms with Crippen LogP contribution < -0.4 is 5.32 Å². The summed E-state index contributed by atoms with van der Waals surface area (Å²) in [6.45, 7) is 13.6. The largest absolute Gasteiger partial charge is 0.444 e. The van der Waals surface area contributed by atoms with Crippen LogP contribution in [0.2, 0.25) is 0 Å². The second-order valence-corrected chi connectivity index (χ2v) is 8.55. The molecule has 2 aliphatic rings. The summed E-state index contributed by atoms with van der Waals surface area (Å²) in [5, 5.41) is 3.09. The van der Waals surface area contributed by atoms with Crippen LogP contribution in [0.4, 0.5) is 4.79 Å². The summed E-state index contributed by atoms with van der Waals surface area (Å²) < 4.78 is 11.2. The van der Waals surface area contributed by atoms with Gasteiger partial charge >= 0.3 is 6.09 Å². The van der Waals surface area contributed by atoms with Crippen LogP contribution in [0.25, 0.3) is 0 Å². The first-order valence-corrected chi connectivity index (χ1v) is 9.02. The molecule has 1 aliphatic heterocycles. The van der Waals surface area contributed by atoms with E-state index in [1.165, 1.54) is 19.3 Å². The first-order valence-electron chi connectivity index (χ1n) is 9.02. The predicted molar refractivity (Wildman–Crippen MR) is 91.6 cm³/mol. The lowest BCUT2D eigenvalue weighted by Gasteiger charge is -2.53. The van der Waals surface area contributed by atoms with E-state index in [2.05, 4.69) is 24.1 Å². The van der Waals surface area contributed by atoms with Crippen LogP contribution in [0.3, 0.4) is 0 Å². The van der Waals surface area contributed by atoms with Crippen molar-refractivity contribution in [2.75, 3.05) is 26.3 Å². The van der Waals surface area contributed by atoms with Crippen LogP contribution in [-0.2, 0) is 9.47 Å². The highest BCUT2D eigenvalue weighted by Gasteiger charge is 2.45. The zero-order valence-electron chi connectivity index (χ0n) is 15.5. The third kappa shape index (κ3) is 5.35. The number of alkyl carbamates (subject to hydrolysis) is 1. The molecule has 1 amide bonds. The van der Waals surface area contributed by atoms with Gasteiger partial charge in [-0.05, 0) is 52.4 Å². The fraction of sp³-hybridized carbons (Fsp3) is 0.944. The van der Waals surface area contributed by atoms with Crippen molar-refractivity contribution in [1.29, 1.82) is 0 Å². The van der Waals surface area contributed by atoms with Crippen molar-refractivity contribution in [2.45, 2.75) is 77.5 Å². The van der Waals surface area contributed by atoms with Crippen LogP contribution in [-0.4, -0.2) is 54.5 Å². The first kappa shape index (κ1) is 18.5. The molecular weight excluding hydrogens is 292 g/mol. The molecule has 1 heterocycles. The number of rotatable bonds is 5. The van der Waals surface area contributed by atoms with E-state index in [4.69, 9.17) is 9.47 Å². The Morgan fingerprint density at radius 3 is 2.57 bits per heavy atom. The second-order valence-electron chi connectivity index (χ2n) is 8.55. The summed E-state index contributed by atoms with van der Waals surface area (Å²) in [5.74, 6) is 0.535. The summed E-state index contributed by atoms with van der Waals surface area (Å²) in [7, 11) is 0. The van der Waals surface area contributed by atoms with Crippen LogP contribution in [0.1, 0.15) is 60.3 Å². The van der Waals surface area contributed by atoms with Crippen molar-refractivity contribution >= 4 is 6.09 Å². The molecule has 0 radical (unpaired) electrons. The van der Waals surface area contributed by atoms with Gasteiger partial charge in [-0.15, -0.1) is 0 Å². The first-order chi connectivity index (χ1) is 10.7. The van der Waals surface area contributed by atoms with Crippen molar-refractivity contribution in [2.24, 2.45) is 5.92 Å². The molecule has 0 aromatic carbocycles. The topological polar surface area (TPSA) is 50.8 Å². The maximum Gasteiger partial charge on any atom is 0.407 e. The van der Waals surface area contributed by atoms with Gasteiger partial charge in [-0.25, -0.2) is 4.79 Å². The maximum absolute atomic E-state index is 12.2. The third-order valence-corrected chi connectivity index (χ3v) is 4.75. The van der Waals surface area contributed by atoms with Crippen molar-refractivity contribution in [3.05, 3.63) is 0 Å². The van der Waals surface area contributed by atoms with Crippen molar-refractivity contribution in [3.63, 3.8) is 0 Å². The normalized spacial score (nSPS) is 22.7. The third-order valence-electron chi connectivity index (χ3n) is 4.75. The van der Waals surface area contributed by atoms with Gasteiger partial charge < -0.3 is 14.8 Å². The van der Waals surface area contributed by atoms with E-state index in [0.29, 0.717) is 5.92 Å². The Labute approximate surface area is 141 Å². The van der Waals surface area contributed by atoms with Crippen molar-refractivity contribution in [3.8, 4) is 0 Å². The number of nitrogens with zero attached hydrogens (tertiary/aromatic N) is 1. The fourth-order valence-corrected chi connectivity index (χ4v) is 3.58. The molecule has 1 saturated carbocycles. The van der Waals surface area contributed by atoms with Crippen LogP contribution >= 0.6 is 0 Å². The van der Waals surface area contributed by atoms with E-state index < -0.39 is 5.60 Å². The Bertz CT molecular complexity index is 400. The molecule has 5 heteroatoms. The van der Waals surface area contributed by atoms with Crippen molar-refractivity contribution in [1.82, 2.24) is 10.2 Å². The number of amides is 1. The smallest absolute Gasteiger partial charge is 0.407 e. The summed E-state index contributed by atoms with van der Waals surface area (Å²) >= 11 is 0. The Kier molecular flexibility index (Phi) is 5.95.